The lowest BCUT2D eigenvalue weighted by molar-refractivity contribution is -0.123. The summed E-state index contributed by atoms with van der Waals surface area (Å²) in [5, 5.41) is 12.2. The van der Waals surface area contributed by atoms with Crippen molar-refractivity contribution in [2.75, 3.05) is 0 Å². The van der Waals surface area contributed by atoms with Crippen molar-refractivity contribution >= 4 is 17.9 Å². The van der Waals surface area contributed by atoms with E-state index in [1.54, 1.807) is 6.08 Å². The SMILES string of the molecule is O=C(/C=C\c1ccccc1)[C@@H]1[C@@H](c2ccccc2)[C@H](c2ccccc2)C[C@@]1(O)/C=C/c1ccccc1. The van der Waals surface area contributed by atoms with Crippen LogP contribution >= 0.6 is 0 Å². The van der Waals surface area contributed by atoms with Crippen molar-refractivity contribution in [2.45, 2.75) is 23.9 Å². The van der Waals surface area contributed by atoms with Gasteiger partial charge in [0.2, 0.25) is 0 Å². The van der Waals surface area contributed by atoms with Crippen molar-refractivity contribution < 1.29 is 9.90 Å². The number of allylic oxidation sites excluding steroid dienone is 1. The van der Waals surface area contributed by atoms with Crippen molar-refractivity contribution in [2.24, 2.45) is 5.92 Å². The molecule has 1 N–H and O–H groups in total. The summed E-state index contributed by atoms with van der Waals surface area (Å²) in [6.07, 6.45) is 7.75. The molecule has 0 amide bonds. The fourth-order valence-corrected chi connectivity index (χ4v) is 5.52. The van der Waals surface area contributed by atoms with Crippen molar-refractivity contribution in [3.05, 3.63) is 156 Å². The van der Waals surface area contributed by atoms with Crippen molar-refractivity contribution in [1.82, 2.24) is 0 Å². The van der Waals surface area contributed by atoms with Crippen molar-refractivity contribution in [3.8, 4) is 0 Å². The molecule has 1 aliphatic rings. The van der Waals surface area contributed by atoms with Gasteiger partial charge in [0, 0.05) is 5.92 Å². The second kappa shape index (κ2) is 10.7. The second-order valence-corrected chi connectivity index (χ2v) is 9.52. The quantitative estimate of drug-likeness (QED) is 0.288. The van der Waals surface area contributed by atoms with Crippen molar-refractivity contribution in [3.63, 3.8) is 0 Å². The zero-order valence-electron chi connectivity index (χ0n) is 20.2. The average Bonchev–Trinajstić information content (AvgIpc) is 3.26. The number of carbonyl (C=O) groups is 1. The normalized spacial score (nSPS) is 23.9. The van der Waals surface area contributed by atoms with Crippen LogP contribution in [0.4, 0.5) is 0 Å². The summed E-state index contributed by atoms with van der Waals surface area (Å²) in [6.45, 7) is 0. The topological polar surface area (TPSA) is 37.3 Å². The number of benzene rings is 4. The Morgan fingerprint density at radius 3 is 1.69 bits per heavy atom. The molecule has 36 heavy (non-hydrogen) atoms. The summed E-state index contributed by atoms with van der Waals surface area (Å²) >= 11 is 0. The van der Waals surface area contributed by atoms with E-state index < -0.39 is 11.5 Å². The van der Waals surface area contributed by atoms with Crippen LogP contribution in [0.3, 0.4) is 0 Å². The molecule has 178 valence electrons. The summed E-state index contributed by atoms with van der Waals surface area (Å²) in [7, 11) is 0. The van der Waals surface area contributed by atoms with E-state index in [4.69, 9.17) is 0 Å². The number of hydrogen-bond acceptors (Lipinski definition) is 2. The minimum Gasteiger partial charge on any atom is -0.385 e. The molecule has 0 spiro atoms. The molecule has 0 bridgehead atoms. The van der Waals surface area contributed by atoms with Gasteiger partial charge in [0.25, 0.3) is 0 Å². The maximum Gasteiger partial charge on any atom is 0.162 e. The first-order valence-corrected chi connectivity index (χ1v) is 12.5. The Morgan fingerprint density at radius 1 is 0.667 bits per heavy atom. The maximum absolute atomic E-state index is 13.9. The zero-order valence-corrected chi connectivity index (χ0v) is 20.2. The lowest BCUT2D eigenvalue weighted by atomic mass is 9.76. The first-order chi connectivity index (χ1) is 17.6. The van der Waals surface area contributed by atoms with Gasteiger partial charge in [0.15, 0.2) is 5.78 Å². The lowest BCUT2D eigenvalue weighted by Gasteiger charge is -2.29. The van der Waals surface area contributed by atoms with Gasteiger partial charge in [-0.15, -0.1) is 0 Å². The van der Waals surface area contributed by atoms with Gasteiger partial charge in [-0.25, -0.2) is 0 Å². The molecule has 1 aliphatic carbocycles. The largest absolute Gasteiger partial charge is 0.385 e. The summed E-state index contributed by atoms with van der Waals surface area (Å²) < 4.78 is 0. The van der Waals surface area contributed by atoms with E-state index in [1.807, 2.05) is 115 Å². The van der Waals surface area contributed by atoms with Gasteiger partial charge >= 0.3 is 0 Å². The Hall–Kier alpha value is -4.01. The van der Waals surface area contributed by atoms with Gasteiger partial charge in [0.05, 0.1) is 11.5 Å². The van der Waals surface area contributed by atoms with E-state index >= 15 is 0 Å². The second-order valence-electron chi connectivity index (χ2n) is 9.52. The van der Waals surface area contributed by atoms with Crippen LogP contribution in [-0.2, 0) is 4.79 Å². The third kappa shape index (κ3) is 5.15. The number of aliphatic hydroxyl groups is 1. The van der Waals surface area contributed by atoms with Crippen LogP contribution in [0.25, 0.3) is 12.2 Å². The van der Waals surface area contributed by atoms with Crippen LogP contribution in [-0.4, -0.2) is 16.5 Å². The molecule has 0 saturated heterocycles. The number of rotatable bonds is 7. The first kappa shape index (κ1) is 23.7. The van der Waals surface area contributed by atoms with Gasteiger partial charge in [-0.05, 0) is 40.7 Å². The van der Waals surface area contributed by atoms with E-state index in [2.05, 4.69) is 24.3 Å². The van der Waals surface area contributed by atoms with Crippen LogP contribution in [0.1, 0.15) is 40.5 Å². The standard InChI is InChI=1S/C34H30O2/c35-31(22-21-26-13-5-1-6-14-26)33-32(29-19-11-4-12-20-29)30(28-17-9-3-10-18-28)25-34(33,36)24-23-27-15-7-2-8-16-27/h1-24,30,32-33,36H,25H2/b22-21-,24-23+/t30-,32-,33+,34-/m0/s1. The minimum absolute atomic E-state index is 0.00176. The van der Waals surface area contributed by atoms with Gasteiger partial charge in [-0.2, -0.15) is 0 Å². The molecule has 1 saturated carbocycles. The molecule has 1 fully saturated rings. The smallest absolute Gasteiger partial charge is 0.162 e. The molecule has 2 heteroatoms. The van der Waals surface area contributed by atoms with Crippen LogP contribution in [0.5, 0.6) is 0 Å². The molecule has 4 aromatic rings. The maximum atomic E-state index is 13.9. The molecule has 2 nitrogen and oxygen atoms in total. The Balaban J connectivity index is 1.60. The molecule has 5 rings (SSSR count). The Bertz CT molecular complexity index is 1330. The third-order valence-corrected chi connectivity index (χ3v) is 7.20. The van der Waals surface area contributed by atoms with E-state index in [0.29, 0.717) is 6.42 Å². The highest BCUT2D eigenvalue weighted by Gasteiger charge is 2.54. The van der Waals surface area contributed by atoms with Crippen molar-refractivity contribution in [1.29, 1.82) is 0 Å². The van der Waals surface area contributed by atoms with Gasteiger partial charge in [0.1, 0.15) is 0 Å². The number of ketones is 1. The summed E-state index contributed by atoms with van der Waals surface area (Å²) in [6, 6.07) is 40.2. The predicted octanol–water partition coefficient (Wildman–Crippen LogP) is 7.30. The highest BCUT2D eigenvalue weighted by atomic mass is 16.3. The molecule has 0 heterocycles. The first-order valence-electron chi connectivity index (χ1n) is 12.5. The summed E-state index contributed by atoms with van der Waals surface area (Å²) in [5.41, 5.74) is 2.87. The number of hydrogen-bond donors (Lipinski definition) is 1. The average molecular weight is 471 g/mol. The van der Waals surface area contributed by atoms with Crippen LogP contribution in [0.2, 0.25) is 0 Å². The molecule has 4 aromatic carbocycles. The zero-order chi connectivity index (χ0) is 24.8. The Kier molecular flexibility index (Phi) is 7.06. The fourth-order valence-electron chi connectivity index (χ4n) is 5.52. The van der Waals surface area contributed by atoms with E-state index in [-0.39, 0.29) is 17.6 Å². The lowest BCUT2D eigenvalue weighted by Crippen LogP contribution is -2.37. The molecule has 0 aliphatic heterocycles. The van der Waals surface area contributed by atoms with Gasteiger partial charge < -0.3 is 5.11 Å². The highest BCUT2D eigenvalue weighted by molar-refractivity contribution is 5.97. The molecule has 4 atom stereocenters. The van der Waals surface area contributed by atoms with Crippen LogP contribution in [0, 0.1) is 5.92 Å². The van der Waals surface area contributed by atoms with E-state index in [9.17, 15) is 9.90 Å². The van der Waals surface area contributed by atoms with Gasteiger partial charge in [-0.3, -0.25) is 4.79 Å². The van der Waals surface area contributed by atoms with E-state index in [0.717, 1.165) is 22.3 Å². The predicted molar refractivity (Wildman–Crippen MR) is 147 cm³/mol. The number of carbonyl (C=O) groups excluding carboxylic acids is 1. The Morgan fingerprint density at radius 2 is 1.14 bits per heavy atom. The molecular formula is C34H30O2. The highest BCUT2D eigenvalue weighted by Crippen LogP contribution is 2.55. The van der Waals surface area contributed by atoms with Crippen LogP contribution in [0.15, 0.2) is 133 Å². The summed E-state index contributed by atoms with van der Waals surface area (Å²) in [5.74, 6) is -0.846. The van der Waals surface area contributed by atoms with Gasteiger partial charge in [-0.1, -0.05) is 140 Å². The minimum atomic E-state index is -1.30. The van der Waals surface area contributed by atoms with Crippen LogP contribution < -0.4 is 0 Å². The van der Waals surface area contributed by atoms with E-state index in [1.165, 1.54) is 0 Å². The molecule has 0 radical (unpaired) electrons. The molecular weight excluding hydrogens is 440 g/mol. The fraction of sp³-hybridized carbons (Fsp3) is 0.147. The Labute approximate surface area is 213 Å². The third-order valence-electron chi connectivity index (χ3n) is 7.20. The molecule has 0 unspecified atom stereocenters. The summed E-state index contributed by atoms with van der Waals surface area (Å²) in [4.78, 5) is 13.9. The monoisotopic (exact) mass is 470 g/mol. The molecule has 0 aromatic heterocycles.